The molecule has 34 heavy (non-hydrogen) atoms. The Bertz CT molecular complexity index is 1340. The molecule has 172 valence electrons. The molecule has 0 fully saturated rings. The van der Waals surface area contributed by atoms with Gasteiger partial charge >= 0.3 is 0 Å². The maximum absolute atomic E-state index is 13.0. The van der Waals surface area contributed by atoms with Gasteiger partial charge in [-0.1, -0.05) is 48.0 Å². The van der Waals surface area contributed by atoms with Crippen molar-refractivity contribution in [1.82, 2.24) is 20.1 Å². The minimum absolute atomic E-state index is 0.0975. The maximum atomic E-state index is 13.0. The molecule has 1 atom stereocenters. The Morgan fingerprint density at radius 2 is 1.79 bits per heavy atom. The molecule has 2 amide bonds. The molecule has 1 aliphatic rings. The summed E-state index contributed by atoms with van der Waals surface area (Å²) in [5, 5.41) is 13.5. The van der Waals surface area contributed by atoms with Crippen molar-refractivity contribution in [1.29, 1.82) is 0 Å². The lowest BCUT2D eigenvalue weighted by molar-refractivity contribution is 0.0939. The number of aromatic nitrogens is 3. The van der Waals surface area contributed by atoms with E-state index in [1.165, 1.54) is 0 Å². The highest BCUT2D eigenvalue weighted by molar-refractivity contribution is 6.04. The van der Waals surface area contributed by atoms with Crippen molar-refractivity contribution in [3.63, 3.8) is 0 Å². The lowest BCUT2D eigenvalue weighted by atomic mass is 10.1. The number of carbonyl (C=O) groups excluding carboxylic acids is 2. The highest BCUT2D eigenvalue weighted by Gasteiger charge is 2.24. The zero-order chi connectivity index (χ0) is 23.7. The Labute approximate surface area is 198 Å². The van der Waals surface area contributed by atoms with Gasteiger partial charge < -0.3 is 15.2 Å². The number of rotatable bonds is 5. The van der Waals surface area contributed by atoms with Crippen LogP contribution in [0.15, 0.2) is 66.9 Å². The van der Waals surface area contributed by atoms with Gasteiger partial charge in [-0.05, 0) is 50.5 Å². The number of amides is 2. The van der Waals surface area contributed by atoms with Crippen LogP contribution in [0.25, 0.3) is 11.4 Å². The highest BCUT2D eigenvalue weighted by atomic mass is 16.2. The molecule has 3 N–H and O–H groups in total. The SMILES string of the molecule is Cc1ccc(C(=O)Nc2n[nH]c3c2CCCn2cc(C(=O)NC(C)c4ccccc4)cc2-3)cc1. The number of hydrogen-bond acceptors (Lipinski definition) is 3. The number of benzene rings is 2. The Balaban J connectivity index is 1.37. The van der Waals surface area contributed by atoms with Crippen LogP contribution < -0.4 is 10.6 Å². The Hall–Kier alpha value is -4.13. The number of aromatic amines is 1. The minimum atomic E-state index is -0.191. The molecule has 3 heterocycles. The molecule has 0 saturated heterocycles. The van der Waals surface area contributed by atoms with E-state index in [0.717, 1.165) is 47.5 Å². The molecule has 0 bridgehead atoms. The van der Waals surface area contributed by atoms with Crippen LogP contribution in [0.1, 0.15) is 56.8 Å². The first-order chi connectivity index (χ1) is 16.5. The van der Waals surface area contributed by atoms with Crippen molar-refractivity contribution < 1.29 is 9.59 Å². The van der Waals surface area contributed by atoms with E-state index in [1.54, 1.807) is 0 Å². The fraction of sp³-hybridized carbons (Fsp3) is 0.222. The molecule has 5 rings (SSSR count). The number of fused-ring (bicyclic) bond motifs is 3. The van der Waals surface area contributed by atoms with E-state index in [2.05, 4.69) is 25.4 Å². The van der Waals surface area contributed by atoms with Crippen molar-refractivity contribution in [2.75, 3.05) is 5.32 Å². The third-order valence-electron chi connectivity index (χ3n) is 6.30. The second-order valence-electron chi connectivity index (χ2n) is 8.76. The second kappa shape index (κ2) is 9.02. The van der Waals surface area contributed by atoms with Crippen molar-refractivity contribution >= 4 is 17.6 Å². The summed E-state index contributed by atoms with van der Waals surface area (Å²) in [7, 11) is 0. The van der Waals surface area contributed by atoms with Gasteiger partial charge in [0.15, 0.2) is 5.82 Å². The van der Waals surface area contributed by atoms with E-state index < -0.39 is 0 Å². The number of nitrogens with one attached hydrogen (secondary N) is 3. The van der Waals surface area contributed by atoms with Gasteiger partial charge in [0.2, 0.25) is 0 Å². The average Bonchev–Trinajstić information content (AvgIpc) is 3.40. The predicted octanol–water partition coefficient (Wildman–Crippen LogP) is 4.88. The second-order valence-corrected chi connectivity index (χ2v) is 8.76. The van der Waals surface area contributed by atoms with Crippen LogP contribution in [-0.2, 0) is 13.0 Å². The molecule has 0 saturated carbocycles. The minimum Gasteiger partial charge on any atom is -0.345 e. The third kappa shape index (κ3) is 4.24. The molecule has 2 aromatic heterocycles. The molecule has 7 heteroatoms. The van der Waals surface area contributed by atoms with Gasteiger partial charge in [-0.3, -0.25) is 14.7 Å². The average molecular weight is 454 g/mol. The summed E-state index contributed by atoms with van der Waals surface area (Å²) in [6.07, 6.45) is 3.55. The van der Waals surface area contributed by atoms with Crippen molar-refractivity contribution in [2.45, 2.75) is 39.3 Å². The summed E-state index contributed by atoms with van der Waals surface area (Å²) >= 11 is 0. The van der Waals surface area contributed by atoms with Gasteiger partial charge in [0.05, 0.1) is 23.0 Å². The van der Waals surface area contributed by atoms with E-state index in [1.807, 2.05) is 80.7 Å². The molecule has 1 aliphatic heterocycles. The molecule has 0 spiro atoms. The van der Waals surface area contributed by atoms with Crippen molar-refractivity contribution in [3.8, 4) is 11.4 Å². The summed E-state index contributed by atoms with van der Waals surface area (Å²) in [4.78, 5) is 25.7. The molecular weight excluding hydrogens is 426 g/mol. The Morgan fingerprint density at radius 3 is 2.56 bits per heavy atom. The van der Waals surface area contributed by atoms with Crippen molar-refractivity contribution in [2.24, 2.45) is 0 Å². The number of H-pyrrole nitrogens is 1. The summed E-state index contributed by atoms with van der Waals surface area (Å²) in [6, 6.07) is 19.1. The highest BCUT2D eigenvalue weighted by Crippen LogP contribution is 2.33. The van der Waals surface area contributed by atoms with Crippen LogP contribution in [0.4, 0.5) is 5.82 Å². The van der Waals surface area contributed by atoms with Crippen LogP contribution in [0.3, 0.4) is 0 Å². The fourth-order valence-corrected chi connectivity index (χ4v) is 4.37. The van der Waals surface area contributed by atoms with E-state index >= 15 is 0 Å². The molecule has 0 aliphatic carbocycles. The zero-order valence-corrected chi connectivity index (χ0v) is 19.3. The Kier molecular flexibility index (Phi) is 5.76. The molecule has 7 nitrogen and oxygen atoms in total. The van der Waals surface area contributed by atoms with Crippen LogP contribution in [0.5, 0.6) is 0 Å². The summed E-state index contributed by atoms with van der Waals surface area (Å²) in [5.74, 6) is 0.230. The molecule has 1 unspecified atom stereocenters. The number of hydrogen-bond donors (Lipinski definition) is 3. The molecule has 4 aromatic rings. The number of aryl methyl sites for hydroxylation is 2. The molecule has 2 aromatic carbocycles. The van der Waals surface area contributed by atoms with E-state index in [0.29, 0.717) is 16.9 Å². The first-order valence-electron chi connectivity index (χ1n) is 11.5. The third-order valence-corrected chi connectivity index (χ3v) is 6.30. The monoisotopic (exact) mass is 453 g/mol. The van der Waals surface area contributed by atoms with Crippen LogP contribution in [0.2, 0.25) is 0 Å². The van der Waals surface area contributed by atoms with E-state index in [9.17, 15) is 9.59 Å². The quantitative estimate of drug-likeness (QED) is 0.402. The van der Waals surface area contributed by atoms with Gasteiger partial charge in [-0.15, -0.1) is 0 Å². The van der Waals surface area contributed by atoms with Crippen molar-refractivity contribution in [3.05, 3.63) is 94.7 Å². The lowest BCUT2D eigenvalue weighted by Gasteiger charge is -2.13. The number of anilines is 1. The van der Waals surface area contributed by atoms with Crippen LogP contribution in [-0.4, -0.2) is 26.6 Å². The fourth-order valence-electron chi connectivity index (χ4n) is 4.37. The summed E-state index contributed by atoms with van der Waals surface area (Å²) in [5.41, 5.74) is 6.05. The molecule has 0 radical (unpaired) electrons. The standard InChI is InChI=1S/C27H27N5O2/c1-17-10-12-20(13-11-17)26(33)29-25-22-9-6-14-32-16-21(15-23(32)24(22)30-31-25)27(34)28-18(2)19-7-4-3-5-8-19/h3-5,7-8,10-13,15-16,18H,6,9,14H2,1-2H3,(H,28,34)(H2,29,30,31,33). The maximum Gasteiger partial charge on any atom is 0.256 e. The summed E-state index contributed by atoms with van der Waals surface area (Å²) < 4.78 is 2.08. The number of nitrogens with zero attached hydrogens (tertiary/aromatic N) is 2. The Morgan fingerprint density at radius 1 is 1.03 bits per heavy atom. The summed E-state index contributed by atoms with van der Waals surface area (Å²) in [6.45, 7) is 4.75. The number of carbonyl (C=O) groups is 2. The molecular formula is C27H27N5O2. The van der Waals surface area contributed by atoms with Gasteiger partial charge in [0, 0.05) is 23.9 Å². The van der Waals surface area contributed by atoms with Gasteiger partial charge in [-0.25, -0.2) is 0 Å². The van der Waals surface area contributed by atoms with Gasteiger partial charge in [0.1, 0.15) is 0 Å². The van der Waals surface area contributed by atoms with Crippen LogP contribution >= 0.6 is 0 Å². The van der Waals surface area contributed by atoms with Crippen LogP contribution in [0, 0.1) is 6.92 Å². The zero-order valence-electron chi connectivity index (χ0n) is 19.3. The normalized spacial score (nSPS) is 13.4. The van der Waals surface area contributed by atoms with Gasteiger partial charge in [0.25, 0.3) is 11.8 Å². The largest absolute Gasteiger partial charge is 0.345 e. The topological polar surface area (TPSA) is 91.8 Å². The van der Waals surface area contributed by atoms with E-state index in [4.69, 9.17) is 0 Å². The lowest BCUT2D eigenvalue weighted by Crippen LogP contribution is -2.26. The van der Waals surface area contributed by atoms with Gasteiger partial charge in [-0.2, -0.15) is 5.10 Å². The predicted molar refractivity (Wildman–Crippen MR) is 132 cm³/mol. The first kappa shape index (κ1) is 21.7. The smallest absolute Gasteiger partial charge is 0.256 e. The van der Waals surface area contributed by atoms with E-state index in [-0.39, 0.29) is 17.9 Å². The first-order valence-corrected chi connectivity index (χ1v) is 11.5.